The van der Waals surface area contributed by atoms with Gasteiger partial charge in [-0.15, -0.1) is 12.3 Å². The molecule has 3 N–H and O–H groups in total. The van der Waals surface area contributed by atoms with Crippen molar-refractivity contribution in [1.82, 2.24) is 19.5 Å². The number of nitrogens with one attached hydrogen (secondary N) is 2. The van der Waals surface area contributed by atoms with Crippen molar-refractivity contribution < 1.29 is 23.8 Å². The number of anilines is 1. The molecule has 46 heavy (non-hydrogen) atoms. The predicted molar refractivity (Wildman–Crippen MR) is 178 cm³/mol. The van der Waals surface area contributed by atoms with Crippen molar-refractivity contribution >= 4 is 41.7 Å². The van der Waals surface area contributed by atoms with E-state index in [9.17, 15) is 14.7 Å². The molecule has 0 aliphatic carbocycles. The highest BCUT2D eigenvalue weighted by Gasteiger charge is 2.59. The van der Waals surface area contributed by atoms with E-state index in [4.69, 9.17) is 20.3 Å². The molecule has 4 atom stereocenters. The van der Waals surface area contributed by atoms with E-state index in [0.29, 0.717) is 0 Å². The fourth-order valence-corrected chi connectivity index (χ4v) is 10.9. The number of terminal acetylenes is 1. The number of imidazole rings is 1. The molecule has 0 bridgehead atoms. The number of aliphatic hydroxyl groups excluding tert-OH is 1. The van der Waals surface area contributed by atoms with Crippen LogP contribution >= 0.6 is 0 Å². The number of methoxy groups -OCH3 is 1. The molecule has 12 heteroatoms. The SMILES string of the molecule is C#CC[C@]1(CO[Si](c2ccccc2)(c2ccccc2)C(C)(C)C)O[C@@H](n2cnc3c(=O)[nH]c(NC(=O)C(C)C)nc32)[C@H](O)[C@@H]1OC. The zero-order chi connectivity index (χ0) is 33.3. The molecule has 1 saturated heterocycles. The number of aromatic nitrogens is 4. The van der Waals surface area contributed by atoms with Gasteiger partial charge in [-0.2, -0.15) is 4.98 Å². The number of benzene rings is 2. The number of carbonyl (C=O) groups excluding carboxylic acids is 1. The van der Waals surface area contributed by atoms with Gasteiger partial charge in [0.15, 0.2) is 17.4 Å². The summed E-state index contributed by atoms with van der Waals surface area (Å²) in [4.78, 5) is 36.5. The van der Waals surface area contributed by atoms with Gasteiger partial charge in [-0.3, -0.25) is 24.5 Å². The van der Waals surface area contributed by atoms with Crippen LogP contribution in [-0.2, 0) is 18.7 Å². The predicted octanol–water partition coefficient (Wildman–Crippen LogP) is 2.96. The minimum atomic E-state index is -3.03. The van der Waals surface area contributed by atoms with E-state index in [1.165, 1.54) is 18.0 Å². The lowest BCUT2D eigenvalue weighted by atomic mass is 9.92. The lowest BCUT2D eigenvalue weighted by molar-refractivity contribution is -0.127. The monoisotopic (exact) mass is 643 g/mol. The van der Waals surface area contributed by atoms with Crippen LogP contribution in [0.2, 0.25) is 5.04 Å². The van der Waals surface area contributed by atoms with E-state index in [-0.39, 0.29) is 47.0 Å². The first-order chi connectivity index (χ1) is 21.9. The van der Waals surface area contributed by atoms with Crippen molar-refractivity contribution in [3.8, 4) is 12.3 Å². The van der Waals surface area contributed by atoms with E-state index < -0.39 is 37.9 Å². The second-order valence-electron chi connectivity index (χ2n) is 12.9. The van der Waals surface area contributed by atoms with Crippen LogP contribution in [0, 0.1) is 18.3 Å². The highest BCUT2D eigenvalue weighted by Crippen LogP contribution is 2.44. The summed E-state index contributed by atoms with van der Waals surface area (Å²) in [6.45, 7) is 9.97. The average molecular weight is 644 g/mol. The number of rotatable bonds is 10. The van der Waals surface area contributed by atoms with Gasteiger partial charge in [0, 0.05) is 19.4 Å². The van der Waals surface area contributed by atoms with Crippen molar-refractivity contribution in [2.75, 3.05) is 19.0 Å². The normalized spacial score (nSPS) is 21.8. The number of hydrogen-bond acceptors (Lipinski definition) is 8. The molecular formula is C34H41N5O6Si. The maximum Gasteiger partial charge on any atom is 0.280 e. The molecule has 4 aromatic rings. The average Bonchev–Trinajstić information content (AvgIpc) is 3.56. The summed E-state index contributed by atoms with van der Waals surface area (Å²) in [5.41, 5.74) is -1.70. The molecule has 2 aromatic carbocycles. The Labute approximate surface area is 269 Å². The lowest BCUT2D eigenvalue weighted by Gasteiger charge is -2.45. The lowest BCUT2D eigenvalue weighted by Crippen LogP contribution is -2.68. The van der Waals surface area contributed by atoms with Crippen LogP contribution in [0.5, 0.6) is 0 Å². The summed E-state index contributed by atoms with van der Waals surface area (Å²) in [6.07, 6.45) is 4.13. The van der Waals surface area contributed by atoms with Crippen LogP contribution in [0.3, 0.4) is 0 Å². The molecule has 3 heterocycles. The van der Waals surface area contributed by atoms with Crippen molar-refractivity contribution in [1.29, 1.82) is 0 Å². The van der Waals surface area contributed by atoms with Gasteiger partial charge in [-0.05, 0) is 15.4 Å². The minimum absolute atomic E-state index is 0.00683. The molecule has 1 amide bonds. The molecule has 242 valence electrons. The summed E-state index contributed by atoms with van der Waals surface area (Å²) in [5, 5.41) is 16.2. The standard InChI is InChI=1S/C34H41N5O6Si/c1-8-19-34(20-44-46(33(4,5)6,23-15-11-9-12-16-23)24-17-13-10-14-18-24)27(43-7)26(40)31(45-34)39-21-35-25-28(39)36-32(38-30(25)42)37-29(41)22(2)3/h1,9-18,21-22,26-27,31,40H,19-20H2,2-7H3,(H2,36,37,38,41,42)/t26-,27+,31-,34-/m1/s1. The maximum absolute atomic E-state index is 12.9. The second kappa shape index (κ2) is 12.9. The third-order valence-corrected chi connectivity index (χ3v) is 13.5. The number of aromatic amines is 1. The Morgan fingerprint density at radius 2 is 1.78 bits per heavy atom. The molecule has 5 rings (SSSR count). The summed E-state index contributed by atoms with van der Waals surface area (Å²) in [5.74, 6) is 2.02. The molecule has 2 aromatic heterocycles. The van der Waals surface area contributed by atoms with Crippen LogP contribution in [0.1, 0.15) is 47.3 Å². The highest BCUT2D eigenvalue weighted by molar-refractivity contribution is 6.99. The molecular weight excluding hydrogens is 602 g/mol. The van der Waals surface area contributed by atoms with Gasteiger partial charge < -0.3 is 19.0 Å². The van der Waals surface area contributed by atoms with Crippen LogP contribution in [0.15, 0.2) is 71.8 Å². The van der Waals surface area contributed by atoms with Crippen LogP contribution in [-0.4, -0.2) is 70.4 Å². The number of aliphatic hydroxyl groups is 1. The number of carbonyl (C=O) groups is 1. The van der Waals surface area contributed by atoms with Gasteiger partial charge in [0.25, 0.3) is 13.9 Å². The van der Waals surface area contributed by atoms with Gasteiger partial charge >= 0.3 is 0 Å². The van der Waals surface area contributed by atoms with Gasteiger partial charge in [0.2, 0.25) is 11.9 Å². The number of nitrogens with zero attached hydrogens (tertiary/aromatic N) is 3. The summed E-state index contributed by atoms with van der Waals surface area (Å²) < 4.78 is 21.3. The number of fused-ring (bicyclic) bond motifs is 1. The molecule has 1 fully saturated rings. The molecule has 1 aliphatic rings. The number of H-pyrrole nitrogens is 1. The van der Waals surface area contributed by atoms with Crippen molar-refractivity contribution in [3.63, 3.8) is 0 Å². The van der Waals surface area contributed by atoms with Gasteiger partial charge in [0.1, 0.15) is 17.8 Å². The Balaban J connectivity index is 1.58. The van der Waals surface area contributed by atoms with Crippen molar-refractivity contribution in [2.45, 2.75) is 70.1 Å². The molecule has 0 unspecified atom stereocenters. The number of hydrogen-bond donors (Lipinski definition) is 3. The summed E-state index contributed by atoms with van der Waals surface area (Å²) in [6, 6.07) is 20.4. The topological polar surface area (TPSA) is 141 Å². The third-order valence-electron chi connectivity index (χ3n) is 8.55. The molecule has 0 saturated carbocycles. The third kappa shape index (κ3) is 5.81. The Kier molecular flexibility index (Phi) is 9.35. The number of ether oxygens (including phenoxy) is 2. The van der Waals surface area contributed by atoms with Crippen molar-refractivity contribution in [2.24, 2.45) is 5.92 Å². The highest BCUT2D eigenvalue weighted by atomic mass is 28.4. The summed E-state index contributed by atoms with van der Waals surface area (Å²) >= 11 is 0. The van der Waals surface area contributed by atoms with E-state index in [1.54, 1.807) is 13.8 Å². The van der Waals surface area contributed by atoms with E-state index in [1.807, 2.05) is 36.4 Å². The zero-order valence-electron chi connectivity index (χ0n) is 27.0. The second-order valence-corrected chi connectivity index (χ2v) is 17.2. The first kappa shape index (κ1) is 33.2. The zero-order valence-corrected chi connectivity index (χ0v) is 28.0. The first-order valence-electron chi connectivity index (χ1n) is 15.2. The first-order valence-corrected chi connectivity index (χ1v) is 17.1. The fourth-order valence-electron chi connectivity index (χ4n) is 6.32. The maximum atomic E-state index is 12.9. The van der Waals surface area contributed by atoms with E-state index >= 15 is 0 Å². The smallest absolute Gasteiger partial charge is 0.280 e. The van der Waals surface area contributed by atoms with Crippen molar-refractivity contribution in [3.05, 3.63) is 77.3 Å². The van der Waals surface area contributed by atoms with E-state index in [2.05, 4.69) is 71.2 Å². The van der Waals surface area contributed by atoms with Crippen LogP contribution in [0.4, 0.5) is 5.95 Å². The Morgan fingerprint density at radius 1 is 1.17 bits per heavy atom. The van der Waals surface area contributed by atoms with Gasteiger partial charge in [0.05, 0.1) is 12.9 Å². The summed E-state index contributed by atoms with van der Waals surface area (Å²) in [7, 11) is -1.54. The minimum Gasteiger partial charge on any atom is -0.404 e. The van der Waals surface area contributed by atoms with Crippen LogP contribution < -0.4 is 21.2 Å². The Hall–Kier alpha value is -4.12. The van der Waals surface area contributed by atoms with Gasteiger partial charge in [-0.25, -0.2) is 4.98 Å². The largest absolute Gasteiger partial charge is 0.404 e. The Morgan fingerprint density at radius 3 is 2.30 bits per heavy atom. The fraction of sp³-hybridized carbons (Fsp3) is 0.412. The molecule has 1 aliphatic heterocycles. The van der Waals surface area contributed by atoms with E-state index in [0.717, 1.165) is 10.4 Å². The Bertz CT molecular complexity index is 1740. The van der Waals surface area contributed by atoms with Crippen LogP contribution in [0.25, 0.3) is 11.2 Å². The molecule has 0 radical (unpaired) electrons. The quantitative estimate of drug-likeness (QED) is 0.177. The molecule has 0 spiro atoms. The number of amides is 1. The van der Waals surface area contributed by atoms with Gasteiger partial charge in [-0.1, -0.05) is 95.3 Å². The molecule has 11 nitrogen and oxygen atoms in total.